The number of nitrogens with zero attached hydrogens (tertiary/aromatic N) is 3. The number of halogens is 1. The van der Waals surface area contributed by atoms with E-state index >= 15 is 0 Å². The molecular formula is C15H21BrN4O. The van der Waals surface area contributed by atoms with Gasteiger partial charge in [0.05, 0.1) is 13.1 Å². The minimum absolute atomic E-state index is 0.0591. The van der Waals surface area contributed by atoms with Gasteiger partial charge in [0.2, 0.25) is 0 Å². The number of rotatable bonds is 6. The Balaban J connectivity index is 1.85. The lowest BCUT2D eigenvalue weighted by Crippen LogP contribution is -2.36. The summed E-state index contributed by atoms with van der Waals surface area (Å²) in [6.45, 7) is 8.31. The Kier molecular flexibility index (Phi) is 5.36. The first-order valence-corrected chi connectivity index (χ1v) is 7.73. The molecule has 0 aliphatic rings. The minimum atomic E-state index is 0.0591. The number of hydrogen-bond acceptors (Lipinski definition) is 4. The summed E-state index contributed by atoms with van der Waals surface area (Å²) in [6, 6.07) is 7.81. The Labute approximate surface area is 133 Å². The molecule has 2 aromatic rings. The average molecular weight is 353 g/mol. The maximum absolute atomic E-state index is 5.72. The first-order chi connectivity index (χ1) is 9.94. The van der Waals surface area contributed by atoms with E-state index in [4.69, 9.17) is 4.74 Å². The molecule has 0 radical (unpaired) electrons. The lowest BCUT2D eigenvalue weighted by atomic mass is 10.1. The van der Waals surface area contributed by atoms with Gasteiger partial charge in [-0.15, -0.1) is 0 Å². The topological polar surface area (TPSA) is 52.0 Å². The van der Waals surface area contributed by atoms with E-state index in [0.29, 0.717) is 19.7 Å². The summed E-state index contributed by atoms with van der Waals surface area (Å²) < 4.78 is 8.60. The molecule has 21 heavy (non-hydrogen) atoms. The molecule has 114 valence electrons. The van der Waals surface area contributed by atoms with Crippen LogP contribution in [-0.4, -0.2) is 26.9 Å². The molecule has 6 heteroatoms. The van der Waals surface area contributed by atoms with Gasteiger partial charge in [0.15, 0.2) is 0 Å². The molecule has 0 saturated carbocycles. The molecule has 0 atom stereocenters. The smallest absolute Gasteiger partial charge is 0.140 e. The highest BCUT2D eigenvalue weighted by Gasteiger charge is 2.11. The van der Waals surface area contributed by atoms with Gasteiger partial charge in [-0.1, -0.05) is 22.0 Å². The van der Waals surface area contributed by atoms with Crippen molar-refractivity contribution in [1.29, 1.82) is 0 Å². The van der Waals surface area contributed by atoms with Crippen LogP contribution in [0.1, 0.15) is 26.6 Å². The van der Waals surface area contributed by atoms with Crippen molar-refractivity contribution in [3.63, 3.8) is 0 Å². The van der Waals surface area contributed by atoms with E-state index in [1.807, 2.05) is 28.9 Å². The second-order valence-corrected chi connectivity index (χ2v) is 6.72. The predicted octanol–water partition coefficient (Wildman–Crippen LogP) is 3.01. The molecule has 0 amide bonds. The van der Waals surface area contributed by atoms with Crippen LogP contribution in [0.2, 0.25) is 0 Å². The van der Waals surface area contributed by atoms with Gasteiger partial charge >= 0.3 is 0 Å². The van der Waals surface area contributed by atoms with Crippen molar-refractivity contribution in [3.8, 4) is 5.75 Å². The van der Waals surface area contributed by atoms with Crippen LogP contribution in [0.4, 0.5) is 0 Å². The average Bonchev–Trinajstić information content (AvgIpc) is 2.83. The monoisotopic (exact) mass is 352 g/mol. The molecule has 0 bridgehead atoms. The van der Waals surface area contributed by atoms with E-state index in [2.05, 4.69) is 52.1 Å². The zero-order valence-electron chi connectivity index (χ0n) is 12.6. The van der Waals surface area contributed by atoms with E-state index in [-0.39, 0.29) is 5.54 Å². The fraction of sp³-hybridized carbons (Fsp3) is 0.467. The zero-order chi connectivity index (χ0) is 15.3. The molecule has 5 nitrogen and oxygen atoms in total. The summed E-state index contributed by atoms with van der Waals surface area (Å²) in [5.74, 6) is 1.77. The minimum Gasteiger partial charge on any atom is -0.492 e. The highest BCUT2D eigenvalue weighted by molar-refractivity contribution is 9.10. The molecule has 0 unspecified atom stereocenters. The third-order valence-corrected chi connectivity index (χ3v) is 3.33. The summed E-state index contributed by atoms with van der Waals surface area (Å²) in [7, 11) is 0. The molecule has 0 fully saturated rings. The number of ether oxygens (including phenoxy) is 1. The standard InChI is InChI=1S/C15H21BrN4O/c1-15(2,3)18-10-14-17-11-19-20(14)7-8-21-13-6-4-5-12(16)9-13/h4-6,9,11,18H,7-8,10H2,1-3H3. The predicted molar refractivity (Wildman–Crippen MR) is 86.3 cm³/mol. The summed E-state index contributed by atoms with van der Waals surface area (Å²) in [4.78, 5) is 4.29. The SMILES string of the molecule is CC(C)(C)NCc1ncnn1CCOc1cccc(Br)c1. The van der Waals surface area contributed by atoms with Crippen LogP contribution in [0, 0.1) is 0 Å². The van der Waals surface area contributed by atoms with Crippen molar-refractivity contribution in [1.82, 2.24) is 20.1 Å². The van der Waals surface area contributed by atoms with Gasteiger partial charge in [-0.2, -0.15) is 5.10 Å². The van der Waals surface area contributed by atoms with Gasteiger partial charge in [0.1, 0.15) is 24.5 Å². The summed E-state index contributed by atoms with van der Waals surface area (Å²) in [6.07, 6.45) is 1.58. The van der Waals surface area contributed by atoms with E-state index in [9.17, 15) is 0 Å². The fourth-order valence-corrected chi connectivity index (χ4v) is 2.14. The normalized spacial score (nSPS) is 11.6. The molecule has 0 aliphatic carbocycles. The maximum Gasteiger partial charge on any atom is 0.140 e. The van der Waals surface area contributed by atoms with Crippen molar-refractivity contribution in [2.75, 3.05) is 6.61 Å². The lowest BCUT2D eigenvalue weighted by molar-refractivity contribution is 0.286. The van der Waals surface area contributed by atoms with Crippen LogP contribution < -0.4 is 10.1 Å². The number of nitrogens with one attached hydrogen (secondary N) is 1. The van der Waals surface area contributed by atoms with Crippen LogP contribution in [0.15, 0.2) is 35.1 Å². The third kappa shape index (κ3) is 5.47. The Bertz CT molecular complexity index is 577. The quantitative estimate of drug-likeness (QED) is 0.868. The van der Waals surface area contributed by atoms with Crippen LogP contribution in [0.25, 0.3) is 0 Å². The molecule has 1 aromatic carbocycles. The van der Waals surface area contributed by atoms with Crippen molar-refractivity contribution in [2.45, 2.75) is 39.4 Å². The maximum atomic E-state index is 5.72. The molecule has 1 heterocycles. The summed E-state index contributed by atoms with van der Waals surface area (Å²) in [5, 5.41) is 7.65. The van der Waals surface area contributed by atoms with Gasteiger partial charge in [-0.3, -0.25) is 0 Å². The highest BCUT2D eigenvalue weighted by Crippen LogP contribution is 2.17. The molecule has 1 N–H and O–H groups in total. The van der Waals surface area contributed by atoms with E-state index in [0.717, 1.165) is 16.0 Å². The van der Waals surface area contributed by atoms with Gasteiger partial charge in [-0.05, 0) is 39.0 Å². The lowest BCUT2D eigenvalue weighted by Gasteiger charge is -2.20. The Morgan fingerprint density at radius 1 is 1.33 bits per heavy atom. The number of benzene rings is 1. The summed E-state index contributed by atoms with van der Waals surface area (Å²) in [5.41, 5.74) is 0.0591. The van der Waals surface area contributed by atoms with Gasteiger partial charge in [0.25, 0.3) is 0 Å². The molecule has 0 spiro atoms. The molecule has 0 saturated heterocycles. The molecular weight excluding hydrogens is 332 g/mol. The highest BCUT2D eigenvalue weighted by atomic mass is 79.9. The van der Waals surface area contributed by atoms with E-state index in [1.165, 1.54) is 0 Å². The van der Waals surface area contributed by atoms with Crippen LogP contribution in [0.3, 0.4) is 0 Å². The van der Waals surface area contributed by atoms with Crippen molar-refractivity contribution in [3.05, 3.63) is 40.9 Å². The third-order valence-electron chi connectivity index (χ3n) is 2.84. The van der Waals surface area contributed by atoms with Gasteiger partial charge < -0.3 is 10.1 Å². The van der Waals surface area contributed by atoms with E-state index in [1.54, 1.807) is 6.33 Å². The van der Waals surface area contributed by atoms with E-state index < -0.39 is 0 Å². The summed E-state index contributed by atoms with van der Waals surface area (Å²) >= 11 is 3.43. The Hall–Kier alpha value is -1.40. The Morgan fingerprint density at radius 2 is 2.14 bits per heavy atom. The van der Waals surface area contributed by atoms with Crippen LogP contribution >= 0.6 is 15.9 Å². The molecule has 1 aromatic heterocycles. The van der Waals surface area contributed by atoms with Crippen molar-refractivity contribution >= 4 is 15.9 Å². The van der Waals surface area contributed by atoms with Crippen LogP contribution in [-0.2, 0) is 13.1 Å². The second kappa shape index (κ2) is 7.04. The van der Waals surface area contributed by atoms with Crippen molar-refractivity contribution < 1.29 is 4.74 Å². The largest absolute Gasteiger partial charge is 0.492 e. The second-order valence-electron chi connectivity index (χ2n) is 5.81. The first kappa shape index (κ1) is 16.0. The molecule has 0 aliphatic heterocycles. The van der Waals surface area contributed by atoms with Crippen LogP contribution in [0.5, 0.6) is 5.75 Å². The number of aromatic nitrogens is 3. The molecule has 2 rings (SSSR count). The van der Waals surface area contributed by atoms with Crippen molar-refractivity contribution in [2.24, 2.45) is 0 Å². The van der Waals surface area contributed by atoms with Gasteiger partial charge in [-0.25, -0.2) is 9.67 Å². The first-order valence-electron chi connectivity index (χ1n) is 6.94. The zero-order valence-corrected chi connectivity index (χ0v) is 14.2. The van der Waals surface area contributed by atoms with Gasteiger partial charge in [0, 0.05) is 10.0 Å². The Morgan fingerprint density at radius 3 is 2.86 bits per heavy atom. The number of hydrogen-bond donors (Lipinski definition) is 1. The fourth-order valence-electron chi connectivity index (χ4n) is 1.76.